The molecule has 0 aliphatic carbocycles. The first-order chi connectivity index (χ1) is 15.6. The van der Waals surface area contributed by atoms with Crippen molar-refractivity contribution in [1.82, 2.24) is 16.0 Å². The van der Waals surface area contributed by atoms with Crippen molar-refractivity contribution in [2.24, 2.45) is 22.9 Å². The molecular formula is C17H27N7O10. The molecule has 190 valence electrons. The maximum atomic E-state index is 12.6. The minimum atomic E-state index is -1.76. The van der Waals surface area contributed by atoms with Crippen molar-refractivity contribution >= 4 is 47.4 Å². The number of primary amides is 3. The first kappa shape index (κ1) is 29.7. The second kappa shape index (κ2) is 14.0. The molecule has 0 saturated heterocycles. The van der Waals surface area contributed by atoms with Crippen LogP contribution >= 0.6 is 0 Å². The predicted octanol–water partition coefficient (Wildman–Crippen LogP) is -5.66. The number of hydrogen-bond acceptors (Lipinski definition) is 9. The number of amides is 6. The van der Waals surface area contributed by atoms with Crippen molar-refractivity contribution in [3.8, 4) is 0 Å². The average Bonchev–Trinajstić information content (AvgIpc) is 2.68. The van der Waals surface area contributed by atoms with Crippen LogP contribution < -0.4 is 38.9 Å². The van der Waals surface area contributed by atoms with Crippen molar-refractivity contribution < 1.29 is 48.6 Å². The van der Waals surface area contributed by atoms with E-state index in [1.165, 1.54) is 0 Å². The largest absolute Gasteiger partial charge is 0.481 e. The summed E-state index contributed by atoms with van der Waals surface area (Å²) >= 11 is 0. The van der Waals surface area contributed by atoms with Gasteiger partial charge in [-0.1, -0.05) is 0 Å². The molecule has 0 aliphatic heterocycles. The van der Waals surface area contributed by atoms with Gasteiger partial charge in [-0.2, -0.15) is 0 Å². The molecule has 34 heavy (non-hydrogen) atoms. The third kappa shape index (κ3) is 11.9. The lowest BCUT2D eigenvalue weighted by molar-refractivity contribution is -0.143. The summed E-state index contributed by atoms with van der Waals surface area (Å²) in [6.07, 6.45) is -3.30. The quantitative estimate of drug-likeness (QED) is 0.0983. The zero-order chi connectivity index (χ0) is 26.6. The molecule has 6 amide bonds. The molecular weight excluding hydrogens is 462 g/mol. The van der Waals surface area contributed by atoms with Crippen molar-refractivity contribution in [2.75, 3.05) is 0 Å². The number of carboxylic acid groups (broad SMARTS) is 2. The van der Waals surface area contributed by atoms with Crippen LogP contribution in [0.25, 0.3) is 0 Å². The van der Waals surface area contributed by atoms with E-state index in [1.807, 2.05) is 10.6 Å². The van der Waals surface area contributed by atoms with Crippen molar-refractivity contribution in [1.29, 1.82) is 0 Å². The zero-order valence-electron chi connectivity index (χ0n) is 17.8. The minimum absolute atomic E-state index is 0.508. The number of carboxylic acids is 2. The lowest BCUT2D eigenvalue weighted by Gasteiger charge is -2.24. The molecule has 0 aromatic heterocycles. The van der Waals surface area contributed by atoms with Gasteiger partial charge in [0.05, 0.1) is 25.3 Å². The van der Waals surface area contributed by atoms with Crippen LogP contribution in [0, 0.1) is 0 Å². The highest BCUT2D eigenvalue weighted by Crippen LogP contribution is 2.03. The highest BCUT2D eigenvalue weighted by molar-refractivity contribution is 5.98. The first-order valence-corrected chi connectivity index (χ1v) is 9.60. The van der Waals surface area contributed by atoms with E-state index in [0.717, 1.165) is 0 Å². The van der Waals surface area contributed by atoms with Gasteiger partial charge in [-0.3, -0.25) is 33.6 Å². The molecule has 0 spiro atoms. The fourth-order valence-corrected chi connectivity index (χ4v) is 2.48. The SMILES string of the molecule is NC(=O)CC(N)C(=O)NC(CC(N)=O)C(=O)NC(CC(N)=O)C(=O)NC(CCC(=O)O)C(=O)O. The molecule has 0 fully saturated rings. The Morgan fingerprint density at radius 1 is 0.618 bits per heavy atom. The lowest BCUT2D eigenvalue weighted by atomic mass is 10.1. The van der Waals surface area contributed by atoms with Crippen LogP contribution in [0.1, 0.15) is 32.1 Å². The molecule has 0 radical (unpaired) electrons. The molecule has 0 aromatic rings. The van der Waals surface area contributed by atoms with Gasteiger partial charge < -0.3 is 49.1 Å². The number of carbonyl (C=O) groups is 8. The molecule has 0 aromatic carbocycles. The highest BCUT2D eigenvalue weighted by atomic mass is 16.4. The van der Waals surface area contributed by atoms with Gasteiger partial charge in [0.2, 0.25) is 35.4 Å². The van der Waals surface area contributed by atoms with Gasteiger partial charge in [0, 0.05) is 6.42 Å². The Bertz CT molecular complexity index is 847. The summed E-state index contributed by atoms with van der Waals surface area (Å²) in [5.41, 5.74) is 20.5. The number of nitrogens with two attached hydrogens (primary N) is 4. The molecule has 0 heterocycles. The topological polar surface area (TPSA) is 317 Å². The summed E-state index contributed by atoms with van der Waals surface area (Å²) in [6.45, 7) is 0. The van der Waals surface area contributed by atoms with Crippen LogP contribution in [0.15, 0.2) is 0 Å². The third-order valence-electron chi connectivity index (χ3n) is 4.10. The molecule has 0 saturated carbocycles. The Labute approximate surface area is 191 Å². The van der Waals surface area contributed by atoms with E-state index < -0.39 is 104 Å². The number of aliphatic carboxylic acids is 2. The van der Waals surface area contributed by atoms with E-state index in [1.54, 1.807) is 0 Å². The van der Waals surface area contributed by atoms with Gasteiger partial charge in [-0.15, -0.1) is 0 Å². The van der Waals surface area contributed by atoms with Crippen LogP contribution in [-0.2, 0) is 38.4 Å². The summed E-state index contributed by atoms with van der Waals surface area (Å²) in [6, 6.07) is -6.61. The van der Waals surface area contributed by atoms with E-state index in [0.29, 0.717) is 0 Å². The number of hydrogen-bond donors (Lipinski definition) is 9. The molecule has 13 N–H and O–H groups in total. The fourth-order valence-electron chi connectivity index (χ4n) is 2.48. The minimum Gasteiger partial charge on any atom is -0.481 e. The van der Waals surface area contributed by atoms with Gasteiger partial charge >= 0.3 is 11.9 Å². The maximum absolute atomic E-state index is 12.6. The number of rotatable bonds is 16. The molecule has 0 aliphatic rings. The fraction of sp³-hybridized carbons (Fsp3) is 0.529. The first-order valence-electron chi connectivity index (χ1n) is 9.60. The van der Waals surface area contributed by atoms with Crippen LogP contribution in [-0.4, -0.2) is 81.8 Å². The lowest BCUT2D eigenvalue weighted by Crippen LogP contribution is -2.58. The summed E-state index contributed by atoms with van der Waals surface area (Å²) in [4.78, 5) is 92.6. The Hall–Kier alpha value is -4.28. The molecule has 0 bridgehead atoms. The van der Waals surface area contributed by atoms with Gasteiger partial charge in [0.1, 0.15) is 18.1 Å². The van der Waals surface area contributed by atoms with Gasteiger partial charge in [0.25, 0.3) is 0 Å². The van der Waals surface area contributed by atoms with Crippen molar-refractivity contribution in [2.45, 2.75) is 56.3 Å². The monoisotopic (exact) mass is 489 g/mol. The van der Waals surface area contributed by atoms with Gasteiger partial charge in [-0.25, -0.2) is 4.79 Å². The summed E-state index contributed by atoms with van der Waals surface area (Å²) in [7, 11) is 0. The Balaban J connectivity index is 5.56. The van der Waals surface area contributed by atoms with Crippen LogP contribution in [0.3, 0.4) is 0 Å². The van der Waals surface area contributed by atoms with E-state index in [9.17, 15) is 38.4 Å². The predicted molar refractivity (Wildman–Crippen MR) is 110 cm³/mol. The normalized spacial score (nSPS) is 13.9. The highest BCUT2D eigenvalue weighted by Gasteiger charge is 2.32. The Kier molecular flexibility index (Phi) is 12.2. The van der Waals surface area contributed by atoms with Gasteiger partial charge in [-0.05, 0) is 6.42 Å². The van der Waals surface area contributed by atoms with Crippen LogP contribution in [0.4, 0.5) is 0 Å². The standard InChI is InChI=1S/C17H27N7O10/c18-6(3-10(19)25)14(30)23-8(4-11(20)26)16(32)24-9(5-12(21)27)15(31)22-7(17(33)34)1-2-13(28)29/h6-9H,1-5,18H2,(H2,19,25)(H2,20,26)(H2,21,27)(H,22,31)(H,23,30)(H,24,32)(H,28,29)(H,33,34). The summed E-state index contributed by atoms with van der Waals surface area (Å²) in [5.74, 6) is -9.44. The molecule has 4 unspecified atom stereocenters. The van der Waals surface area contributed by atoms with E-state index in [2.05, 4.69) is 5.32 Å². The smallest absolute Gasteiger partial charge is 0.326 e. The second-order valence-corrected chi connectivity index (χ2v) is 7.07. The summed E-state index contributed by atoms with van der Waals surface area (Å²) < 4.78 is 0. The van der Waals surface area contributed by atoms with Crippen LogP contribution in [0.2, 0.25) is 0 Å². The summed E-state index contributed by atoms with van der Waals surface area (Å²) in [5, 5.41) is 23.9. The second-order valence-electron chi connectivity index (χ2n) is 7.07. The average molecular weight is 489 g/mol. The zero-order valence-corrected chi connectivity index (χ0v) is 17.8. The van der Waals surface area contributed by atoms with E-state index >= 15 is 0 Å². The molecule has 17 heteroatoms. The molecule has 4 atom stereocenters. The molecule has 0 rings (SSSR count). The van der Waals surface area contributed by atoms with Crippen molar-refractivity contribution in [3.05, 3.63) is 0 Å². The number of carbonyl (C=O) groups excluding carboxylic acids is 6. The Morgan fingerprint density at radius 2 is 1.00 bits per heavy atom. The third-order valence-corrected chi connectivity index (χ3v) is 4.10. The van der Waals surface area contributed by atoms with Crippen molar-refractivity contribution in [3.63, 3.8) is 0 Å². The van der Waals surface area contributed by atoms with E-state index in [-0.39, 0.29) is 0 Å². The Morgan fingerprint density at radius 3 is 1.35 bits per heavy atom. The maximum Gasteiger partial charge on any atom is 0.326 e. The number of nitrogens with one attached hydrogen (secondary N) is 3. The van der Waals surface area contributed by atoms with Gasteiger partial charge in [0.15, 0.2) is 0 Å². The van der Waals surface area contributed by atoms with E-state index in [4.69, 9.17) is 33.1 Å². The van der Waals surface area contributed by atoms with Crippen LogP contribution in [0.5, 0.6) is 0 Å². The molecule has 17 nitrogen and oxygen atoms in total.